The van der Waals surface area contributed by atoms with Gasteiger partial charge in [0.1, 0.15) is 5.75 Å². The van der Waals surface area contributed by atoms with Crippen molar-refractivity contribution in [1.82, 2.24) is 4.90 Å². The molecule has 0 aromatic heterocycles. The van der Waals surface area contributed by atoms with Gasteiger partial charge in [0.2, 0.25) is 0 Å². The molecule has 1 amide bonds. The van der Waals surface area contributed by atoms with Gasteiger partial charge in [0, 0.05) is 23.4 Å². The monoisotopic (exact) mass is 338 g/mol. The molecule has 1 N–H and O–H groups in total. The maximum atomic E-state index is 12.5. The number of amides is 1. The second-order valence-corrected chi connectivity index (χ2v) is 6.57. The highest BCUT2D eigenvalue weighted by atomic mass is 16.7. The van der Waals surface area contributed by atoms with E-state index in [-0.39, 0.29) is 12.7 Å². The lowest BCUT2D eigenvalue weighted by atomic mass is 10.1. The lowest BCUT2D eigenvalue weighted by molar-refractivity contribution is -0.0163. The molecule has 0 bridgehead atoms. The molecule has 2 aromatic rings. The third-order valence-corrected chi connectivity index (χ3v) is 4.69. The summed E-state index contributed by atoms with van der Waals surface area (Å²) in [5, 5.41) is 2.95. The Kier molecular flexibility index (Phi) is 4.68. The summed E-state index contributed by atoms with van der Waals surface area (Å²) in [6, 6.07) is 13.5. The van der Waals surface area contributed by atoms with Gasteiger partial charge in [0.05, 0.1) is 6.61 Å². The van der Waals surface area contributed by atoms with E-state index in [1.54, 1.807) is 6.07 Å². The van der Waals surface area contributed by atoms with Gasteiger partial charge < -0.3 is 14.8 Å². The number of carbonyl (C=O) groups excluding carboxylic acids is 1. The molecule has 130 valence electrons. The summed E-state index contributed by atoms with van der Waals surface area (Å²) in [7, 11) is 0. The maximum absolute atomic E-state index is 12.5. The normalized spacial score (nSPS) is 17.0. The van der Waals surface area contributed by atoms with Crippen LogP contribution in [0.2, 0.25) is 0 Å². The van der Waals surface area contributed by atoms with Crippen molar-refractivity contribution >= 4 is 11.6 Å². The van der Waals surface area contributed by atoms with Gasteiger partial charge in [-0.05, 0) is 61.8 Å². The summed E-state index contributed by atoms with van der Waals surface area (Å²) in [4.78, 5) is 14.9. The molecule has 0 unspecified atom stereocenters. The number of likely N-dealkylation sites (tertiary alicyclic amines) is 1. The predicted octanol–water partition coefficient (Wildman–Crippen LogP) is 3.40. The number of fused-ring (bicyclic) bond motifs is 1. The second-order valence-electron chi connectivity index (χ2n) is 6.57. The van der Waals surface area contributed by atoms with E-state index >= 15 is 0 Å². The fourth-order valence-corrected chi connectivity index (χ4v) is 3.33. The number of hydrogen-bond donors (Lipinski definition) is 1. The number of benzene rings is 2. The van der Waals surface area contributed by atoms with Crippen LogP contribution in [0.1, 0.15) is 34.3 Å². The molecule has 25 heavy (non-hydrogen) atoms. The molecular weight excluding hydrogens is 316 g/mol. The highest BCUT2D eigenvalue weighted by Gasteiger charge is 2.15. The first kappa shape index (κ1) is 16.1. The predicted molar refractivity (Wildman–Crippen MR) is 95.6 cm³/mol. The Morgan fingerprint density at radius 1 is 1.08 bits per heavy atom. The average Bonchev–Trinajstić information content (AvgIpc) is 3.16. The minimum atomic E-state index is -0.124. The Morgan fingerprint density at radius 3 is 2.68 bits per heavy atom. The Hall–Kier alpha value is -2.37. The minimum absolute atomic E-state index is 0.124. The Morgan fingerprint density at radius 2 is 1.88 bits per heavy atom. The van der Waals surface area contributed by atoms with Crippen molar-refractivity contribution in [1.29, 1.82) is 0 Å². The highest BCUT2D eigenvalue weighted by Crippen LogP contribution is 2.25. The van der Waals surface area contributed by atoms with E-state index in [0.717, 1.165) is 23.5 Å². The van der Waals surface area contributed by atoms with Gasteiger partial charge >= 0.3 is 0 Å². The molecule has 5 heteroatoms. The summed E-state index contributed by atoms with van der Waals surface area (Å²) >= 11 is 0. The van der Waals surface area contributed by atoms with Crippen molar-refractivity contribution in [3.8, 4) is 5.75 Å². The summed E-state index contributed by atoms with van der Waals surface area (Å²) in [5.74, 6) is 0.662. The molecule has 4 rings (SSSR count). The smallest absolute Gasteiger partial charge is 0.255 e. The lowest BCUT2D eigenvalue weighted by Crippen LogP contribution is -2.18. The first-order valence-electron chi connectivity index (χ1n) is 8.74. The molecule has 0 atom stereocenters. The summed E-state index contributed by atoms with van der Waals surface area (Å²) in [6.07, 6.45) is 2.59. The first-order valence-corrected chi connectivity index (χ1v) is 8.74. The largest absolute Gasteiger partial charge is 0.467 e. The van der Waals surface area contributed by atoms with E-state index in [4.69, 9.17) is 9.47 Å². The van der Waals surface area contributed by atoms with Crippen molar-refractivity contribution in [2.75, 3.05) is 25.2 Å². The van der Waals surface area contributed by atoms with Gasteiger partial charge in [-0.15, -0.1) is 0 Å². The van der Waals surface area contributed by atoms with Crippen LogP contribution >= 0.6 is 0 Å². The SMILES string of the molecule is O=C(Nc1ccc(CN2CCCC2)cc1)c1ccc2c(c1)COCO2. The van der Waals surface area contributed by atoms with E-state index in [2.05, 4.69) is 22.3 Å². The van der Waals surface area contributed by atoms with Gasteiger partial charge in [-0.2, -0.15) is 0 Å². The van der Waals surface area contributed by atoms with Gasteiger partial charge in [0.15, 0.2) is 6.79 Å². The van der Waals surface area contributed by atoms with E-state index in [1.165, 1.54) is 31.5 Å². The summed E-state index contributed by atoms with van der Waals surface area (Å²) < 4.78 is 10.6. The van der Waals surface area contributed by atoms with Crippen molar-refractivity contribution in [3.63, 3.8) is 0 Å². The van der Waals surface area contributed by atoms with Crippen molar-refractivity contribution in [2.45, 2.75) is 26.0 Å². The number of nitrogens with zero attached hydrogens (tertiary/aromatic N) is 1. The first-order chi connectivity index (χ1) is 12.3. The molecule has 5 nitrogen and oxygen atoms in total. The van der Waals surface area contributed by atoms with E-state index in [9.17, 15) is 4.79 Å². The van der Waals surface area contributed by atoms with Crippen LogP contribution in [-0.4, -0.2) is 30.7 Å². The summed E-state index contributed by atoms with van der Waals surface area (Å²) in [5.41, 5.74) is 3.59. The van der Waals surface area contributed by atoms with Gasteiger partial charge in [-0.3, -0.25) is 9.69 Å². The second kappa shape index (κ2) is 7.25. The molecule has 2 aliphatic rings. The Bertz CT molecular complexity index is 752. The highest BCUT2D eigenvalue weighted by molar-refractivity contribution is 6.04. The molecule has 2 aromatic carbocycles. The van der Waals surface area contributed by atoms with Gasteiger partial charge in [-0.25, -0.2) is 0 Å². The van der Waals surface area contributed by atoms with Crippen LogP contribution in [0.5, 0.6) is 5.75 Å². The zero-order chi connectivity index (χ0) is 17.1. The quantitative estimate of drug-likeness (QED) is 0.928. The van der Waals surface area contributed by atoms with Crippen molar-refractivity contribution in [2.24, 2.45) is 0 Å². The fraction of sp³-hybridized carbons (Fsp3) is 0.350. The van der Waals surface area contributed by atoms with Crippen LogP contribution < -0.4 is 10.1 Å². The molecule has 1 saturated heterocycles. The zero-order valence-electron chi connectivity index (χ0n) is 14.2. The van der Waals surface area contributed by atoms with Crippen LogP contribution in [0.4, 0.5) is 5.69 Å². The number of ether oxygens (including phenoxy) is 2. The van der Waals surface area contributed by atoms with Crippen molar-refractivity contribution in [3.05, 3.63) is 59.2 Å². The van der Waals surface area contributed by atoms with E-state index in [0.29, 0.717) is 12.2 Å². The average molecular weight is 338 g/mol. The molecule has 0 radical (unpaired) electrons. The van der Waals surface area contributed by atoms with Gasteiger partial charge in [0.25, 0.3) is 5.91 Å². The van der Waals surface area contributed by atoms with Crippen LogP contribution in [0.3, 0.4) is 0 Å². The molecule has 1 fully saturated rings. The molecule has 2 heterocycles. The van der Waals surface area contributed by atoms with Crippen LogP contribution in [0.15, 0.2) is 42.5 Å². The zero-order valence-corrected chi connectivity index (χ0v) is 14.2. The molecule has 2 aliphatic heterocycles. The standard InChI is InChI=1S/C20H22N2O3/c23-20(16-5-8-19-17(11-16)13-24-14-25-19)21-18-6-3-15(4-7-18)12-22-9-1-2-10-22/h3-8,11H,1-2,9-10,12-14H2,(H,21,23). The van der Waals surface area contributed by atoms with Crippen LogP contribution in [-0.2, 0) is 17.9 Å². The summed E-state index contributed by atoms with van der Waals surface area (Å²) in [6.45, 7) is 4.09. The third kappa shape index (κ3) is 3.83. The number of nitrogens with one attached hydrogen (secondary N) is 1. The van der Waals surface area contributed by atoms with Crippen LogP contribution in [0.25, 0.3) is 0 Å². The third-order valence-electron chi connectivity index (χ3n) is 4.69. The molecule has 0 aliphatic carbocycles. The number of rotatable bonds is 4. The molecule has 0 spiro atoms. The van der Waals surface area contributed by atoms with Crippen LogP contribution in [0, 0.1) is 0 Å². The number of anilines is 1. The number of hydrogen-bond acceptors (Lipinski definition) is 4. The lowest BCUT2D eigenvalue weighted by Gasteiger charge is -2.18. The van der Waals surface area contributed by atoms with Crippen molar-refractivity contribution < 1.29 is 14.3 Å². The fourth-order valence-electron chi connectivity index (χ4n) is 3.33. The Labute approximate surface area is 147 Å². The topological polar surface area (TPSA) is 50.8 Å². The van der Waals surface area contributed by atoms with E-state index < -0.39 is 0 Å². The molecule has 0 saturated carbocycles. The minimum Gasteiger partial charge on any atom is -0.467 e. The van der Waals surface area contributed by atoms with Gasteiger partial charge in [-0.1, -0.05) is 12.1 Å². The maximum Gasteiger partial charge on any atom is 0.255 e. The Balaban J connectivity index is 1.40. The number of carbonyl (C=O) groups is 1. The molecular formula is C20H22N2O3. The van der Waals surface area contributed by atoms with E-state index in [1.807, 2.05) is 24.3 Å².